The predicted octanol–water partition coefficient (Wildman–Crippen LogP) is 7.68. The molecule has 3 aromatic rings. The van der Waals surface area contributed by atoms with Gasteiger partial charge in [-0.15, -0.1) is 0 Å². The summed E-state index contributed by atoms with van der Waals surface area (Å²) in [5.41, 5.74) is 3.11. The van der Waals surface area contributed by atoms with E-state index >= 15 is 0 Å². The minimum atomic E-state index is -0.835. The molecule has 0 heterocycles. The van der Waals surface area contributed by atoms with E-state index in [2.05, 4.69) is 36.1 Å². The monoisotopic (exact) mass is 446 g/mol. The van der Waals surface area contributed by atoms with Gasteiger partial charge in [-0.3, -0.25) is 0 Å². The lowest BCUT2D eigenvalue weighted by Gasteiger charge is -2.28. The van der Waals surface area contributed by atoms with Crippen LogP contribution in [0.25, 0.3) is 10.8 Å². The zero-order valence-electron chi connectivity index (χ0n) is 19.4. The number of rotatable bonds is 7. The van der Waals surface area contributed by atoms with E-state index in [1.807, 2.05) is 6.07 Å². The molecule has 0 saturated heterocycles. The molecule has 3 aromatic carbocycles. The lowest BCUT2D eigenvalue weighted by atomic mass is 9.78. The van der Waals surface area contributed by atoms with Gasteiger partial charge in [0.25, 0.3) is 0 Å². The van der Waals surface area contributed by atoms with Gasteiger partial charge in [0.15, 0.2) is 11.6 Å². The molecule has 0 spiro atoms. The average molecular weight is 447 g/mol. The number of fused-ring (bicyclic) bond motifs is 1. The van der Waals surface area contributed by atoms with Crippen molar-refractivity contribution in [3.63, 3.8) is 0 Å². The zero-order chi connectivity index (χ0) is 23.0. The molecular formula is C30H32F2O. The van der Waals surface area contributed by atoms with Gasteiger partial charge < -0.3 is 4.74 Å². The minimum absolute atomic E-state index is 0.653. The summed E-state index contributed by atoms with van der Waals surface area (Å²) in [4.78, 5) is 0. The second-order valence-corrected chi connectivity index (χ2v) is 9.34. The number of ether oxygens (including phenoxy) is 1. The smallest absolute Gasteiger partial charge is 0.159 e. The standard InChI is InChI=1S/C30H32F2O/c1-33-18-2-3-22-4-6-23(7-5-22)8-9-24-10-12-25(13-11-24)14-15-26-16-17-27-20-29(31)30(32)21-28(27)19-26/h10-13,16-17,19-23H,2-9,18H2,1H3. The van der Waals surface area contributed by atoms with Crippen molar-refractivity contribution >= 4 is 10.8 Å². The molecule has 1 nitrogen and oxygen atoms in total. The summed E-state index contributed by atoms with van der Waals surface area (Å²) in [6, 6.07) is 16.4. The summed E-state index contributed by atoms with van der Waals surface area (Å²) < 4.78 is 32.1. The molecule has 0 radical (unpaired) electrons. The third kappa shape index (κ3) is 6.65. The molecule has 33 heavy (non-hydrogen) atoms. The molecule has 1 aliphatic rings. The number of hydrogen-bond donors (Lipinski definition) is 0. The molecular weight excluding hydrogens is 414 g/mol. The van der Waals surface area contributed by atoms with E-state index in [0.717, 1.165) is 36.0 Å². The number of hydrogen-bond acceptors (Lipinski definition) is 1. The van der Waals surface area contributed by atoms with Gasteiger partial charge in [-0.1, -0.05) is 55.7 Å². The highest BCUT2D eigenvalue weighted by Crippen LogP contribution is 2.34. The Hall–Kier alpha value is -2.70. The van der Waals surface area contributed by atoms with Gasteiger partial charge in [0.2, 0.25) is 0 Å². The molecule has 0 aliphatic heterocycles. The Morgan fingerprint density at radius 1 is 0.758 bits per heavy atom. The largest absolute Gasteiger partial charge is 0.385 e. The SMILES string of the molecule is COCCCC1CCC(CCc2ccc(C#Cc3ccc4cc(F)c(F)cc4c3)cc2)CC1. The normalized spacial score (nSPS) is 18.2. The molecule has 4 rings (SSSR count). The Labute approximate surface area is 196 Å². The van der Waals surface area contributed by atoms with Crippen LogP contribution >= 0.6 is 0 Å². The number of benzene rings is 3. The fraction of sp³-hybridized carbons (Fsp3) is 0.400. The van der Waals surface area contributed by atoms with Crippen LogP contribution in [-0.4, -0.2) is 13.7 Å². The van der Waals surface area contributed by atoms with Gasteiger partial charge >= 0.3 is 0 Å². The van der Waals surface area contributed by atoms with E-state index in [9.17, 15) is 8.78 Å². The highest BCUT2D eigenvalue weighted by atomic mass is 19.2. The van der Waals surface area contributed by atoms with E-state index in [-0.39, 0.29) is 0 Å². The van der Waals surface area contributed by atoms with Gasteiger partial charge in [0.1, 0.15) is 0 Å². The van der Waals surface area contributed by atoms with E-state index in [1.165, 1.54) is 62.6 Å². The molecule has 0 N–H and O–H groups in total. The Balaban J connectivity index is 1.28. The first-order valence-electron chi connectivity index (χ1n) is 12.1. The molecule has 1 saturated carbocycles. The third-order valence-electron chi connectivity index (χ3n) is 6.95. The summed E-state index contributed by atoms with van der Waals surface area (Å²) in [5, 5.41) is 1.32. The van der Waals surface area contributed by atoms with Gasteiger partial charge in [-0.25, -0.2) is 8.78 Å². The predicted molar refractivity (Wildman–Crippen MR) is 131 cm³/mol. The second kappa shape index (κ2) is 11.4. The van der Waals surface area contributed by atoms with Crippen LogP contribution < -0.4 is 0 Å². The maximum Gasteiger partial charge on any atom is 0.159 e. The van der Waals surface area contributed by atoms with Crippen molar-refractivity contribution in [2.45, 2.75) is 51.4 Å². The van der Waals surface area contributed by atoms with E-state index < -0.39 is 11.6 Å². The topological polar surface area (TPSA) is 9.23 Å². The zero-order valence-corrected chi connectivity index (χ0v) is 19.4. The third-order valence-corrected chi connectivity index (χ3v) is 6.95. The number of methoxy groups -OCH3 is 1. The maximum absolute atomic E-state index is 13.5. The molecule has 1 aliphatic carbocycles. The highest BCUT2D eigenvalue weighted by Gasteiger charge is 2.20. The quantitative estimate of drug-likeness (QED) is 0.267. The molecule has 1 fully saturated rings. The summed E-state index contributed by atoms with van der Waals surface area (Å²) in [5.74, 6) is 6.42. The molecule has 0 atom stereocenters. The molecule has 3 heteroatoms. The van der Waals surface area contributed by atoms with Crippen LogP contribution in [0.4, 0.5) is 8.78 Å². The summed E-state index contributed by atoms with van der Waals surface area (Å²) in [7, 11) is 1.79. The Morgan fingerprint density at radius 2 is 1.36 bits per heavy atom. The van der Waals surface area contributed by atoms with Crippen LogP contribution in [0.15, 0.2) is 54.6 Å². The first kappa shape index (κ1) is 23.5. The first-order valence-corrected chi connectivity index (χ1v) is 12.1. The van der Waals surface area contributed by atoms with Crippen LogP contribution in [-0.2, 0) is 11.2 Å². The fourth-order valence-corrected chi connectivity index (χ4v) is 4.91. The summed E-state index contributed by atoms with van der Waals surface area (Å²) in [6.45, 7) is 0.893. The van der Waals surface area contributed by atoms with Crippen LogP contribution in [0.1, 0.15) is 61.6 Å². The van der Waals surface area contributed by atoms with Gasteiger partial charge in [-0.2, -0.15) is 0 Å². The molecule has 0 aromatic heterocycles. The van der Waals surface area contributed by atoms with E-state index in [0.29, 0.717) is 10.8 Å². The Kier molecular flexibility index (Phi) is 8.13. The Bertz CT molecular complexity index is 1120. The van der Waals surface area contributed by atoms with Gasteiger partial charge in [0.05, 0.1) is 0 Å². The van der Waals surface area contributed by atoms with Crippen molar-refractivity contribution in [3.05, 3.63) is 82.9 Å². The van der Waals surface area contributed by atoms with Crippen LogP contribution in [0, 0.1) is 35.3 Å². The van der Waals surface area contributed by atoms with Crippen molar-refractivity contribution in [2.24, 2.45) is 11.8 Å². The van der Waals surface area contributed by atoms with Crippen molar-refractivity contribution in [1.29, 1.82) is 0 Å². The Morgan fingerprint density at radius 3 is 2.06 bits per heavy atom. The molecule has 0 bridgehead atoms. The van der Waals surface area contributed by atoms with Gasteiger partial charge in [-0.05, 0) is 90.3 Å². The maximum atomic E-state index is 13.5. The van der Waals surface area contributed by atoms with E-state index in [1.54, 1.807) is 19.2 Å². The average Bonchev–Trinajstić information content (AvgIpc) is 2.84. The molecule has 0 unspecified atom stereocenters. The van der Waals surface area contributed by atoms with Crippen LogP contribution in [0.5, 0.6) is 0 Å². The number of aryl methyl sites for hydroxylation is 1. The summed E-state index contributed by atoms with van der Waals surface area (Å²) in [6.07, 6.45) is 10.4. The second-order valence-electron chi connectivity index (χ2n) is 9.34. The van der Waals surface area contributed by atoms with Crippen molar-refractivity contribution in [2.75, 3.05) is 13.7 Å². The lowest BCUT2D eigenvalue weighted by Crippen LogP contribution is -2.15. The van der Waals surface area contributed by atoms with Crippen LogP contribution in [0.2, 0.25) is 0 Å². The van der Waals surface area contributed by atoms with Gasteiger partial charge in [0, 0.05) is 24.8 Å². The van der Waals surface area contributed by atoms with Crippen LogP contribution in [0.3, 0.4) is 0 Å². The van der Waals surface area contributed by atoms with E-state index in [4.69, 9.17) is 4.74 Å². The minimum Gasteiger partial charge on any atom is -0.385 e. The molecule has 172 valence electrons. The fourth-order valence-electron chi connectivity index (χ4n) is 4.91. The lowest BCUT2D eigenvalue weighted by molar-refractivity contribution is 0.175. The first-order chi connectivity index (χ1) is 16.1. The summed E-state index contributed by atoms with van der Waals surface area (Å²) >= 11 is 0. The molecule has 0 amide bonds. The highest BCUT2D eigenvalue weighted by molar-refractivity contribution is 5.84. The van der Waals surface area contributed by atoms with Crippen molar-refractivity contribution in [3.8, 4) is 11.8 Å². The van der Waals surface area contributed by atoms with Crippen molar-refractivity contribution < 1.29 is 13.5 Å². The number of halogens is 2. The van der Waals surface area contributed by atoms with Crippen molar-refractivity contribution in [1.82, 2.24) is 0 Å².